The first-order valence-corrected chi connectivity index (χ1v) is 8.48. The van der Waals surface area contributed by atoms with E-state index < -0.39 is 0 Å². The number of aryl methyl sites for hydroxylation is 2. The number of fused-ring (bicyclic) bond motifs is 4. The quantitative estimate of drug-likeness (QED) is 0.545. The maximum atomic E-state index is 6.18. The molecular formula is C18H13N3OS. The van der Waals surface area contributed by atoms with E-state index in [0.717, 1.165) is 39.7 Å². The highest BCUT2D eigenvalue weighted by Gasteiger charge is 2.22. The van der Waals surface area contributed by atoms with E-state index in [2.05, 4.69) is 15.0 Å². The molecule has 1 aliphatic rings. The summed E-state index contributed by atoms with van der Waals surface area (Å²) >= 11 is 1.77. The summed E-state index contributed by atoms with van der Waals surface area (Å²) in [5.41, 5.74) is 2.22. The minimum absolute atomic E-state index is 0.646. The minimum atomic E-state index is 0.646. The summed E-state index contributed by atoms with van der Waals surface area (Å²) in [6, 6.07) is 9.92. The Kier molecular flexibility index (Phi) is 2.81. The number of ether oxygens (including phenoxy) is 1. The van der Waals surface area contributed by atoms with E-state index in [1.54, 1.807) is 23.9 Å². The lowest BCUT2D eigenvalue weighted by atomic mass is 10.2. The predicted molar refractivity (Wildman–Crippen MR) is 91.3 cm³/mol. The van der Waals surface area contributed by atoms with Crippen molar-refractivity contribution in [1.82, 2.24) is 15.0 Å². The largest absolute Gasteiger partial charge is 0.436 e. The van der Waals surface area contributed by atoms with Crippen LogP contribution in [0, 0.1) is 0 Å². The van der Waals surface area contributed by atoms with Gasteiger partial charge in [0.25, 0.3) is 0 Å². The highest BCUT2D eigenvalue weighted by atomic mass is 32.1. The van der Waals surface area contributed by atoms with Crippen LogP contribution in [0.2, 0.25) is 0 Å². The molecule has 0 radical (unpaired) electrons. The van der Waals surface area contributed by atoms with Crippen LogP contribution in [0.15, 0.2) is 42.9 Å². The third-order valence-corrected chi connectivity index (χ3v) is 5.47. The van der Waals surface area contributed by atoms with Gasteiger partial charge < -0.3 is 4.74 Å². The second-order valence-electron chi connectivity index (χ2n) is 5.65. The van der Waals surface area contributed by atoms with Crippen molar-refractivity contribution in [2.75, 3.05) is 0 Å². The molecule has 112 valence electrons. The van der Waals surface area contributed by atoms with Gasteiger partial charge >= 0.3 is 0 Å². The van der Waals surface area contributed by atoms with Gasteiger partial charge in [-0.3, -0.25) is 4.98 Å². The molecule has 23 heavy (non-hydrogen) atoms. The highest BCUT2D eigenvalue weighted by Crippen LogP contribution is 2.41. The molecule has 5 heteroatoms. The van der Waals surface area contributed by atoms with Gasteiger partial charge in [0.1, 0.15) is 16.7 Å². The fraction of sp³-hybridized carbons (Fsp3) is 0.167. The zero-order valence-electron chi connectivity index (χ0n) is 12.3. The van der Waals surface area contributed by atoms with E-state index in [9.17, 15) is 0 Å². The van der Waals surface area contributed by atoms with E-state index >= 15 is 0 Å². The van der Waals surface area contributed by atoms with Crippen molar-refractivity contribution in [2.24, 2.45) is 0 Å². The average molecular weight is 319 g/mol. The number of nitrogens with zero attached hydrogens (tertiary/aromatic N) is 3. The molecule has 0 bridgehead atoms. The summed E-state index contributed by atoms with van der Waals surface area (Å²) in [7, 11) is 0. The molecule has 3 aromatic heterocycles. The zero-order valence-corrected chi connectivity index (χ0v) is 13.1. The first-order valence-electron chi connectivity index (χ1n) is 7.67. The molecule has 0 aliphatic heterocycles. The van der Waals surface area contributed by atoms with Crippen molar-refractivity contribution in [1.29, 1.82) is 0 Å². The van der Waals surface area contributed by atoms with Gasteiger partial charge in [-0.1, -0.05) is 18.2 Å². The molecule has 0 amide bonds. The van der Waals surface area contributed by atoms with E-state index in [-0.39, 0.29) is 0 Å². The molecule has 1 aliphatic carbocycles. The SMILES string of the molecule is c1cnc2c(Oc3ncnc4sc5c(c34)CCC5)cccc2c1. The van der Waals surface area contributed by atoms with Crippen LogP contribution in [0.25, 0.3) is 21.1 Å². The summed E-state index contributed by atoms with van der Waals surface area (Å²) < 4.78 is 6.18. The van der Waals surface area contributed by atoms with Crippen molar-refractivity contribution >= 4 is 32.5 Å². The van der Waals surface area contributed by atoms with E-state index in [1.165, 1.54) is 16.9 Å². The highest BCUT2D eigenvalue weighted by molar-refractivity contribution is 7.18. The van der Waals surface area contributed by atoms with Crippen LogP contribution < -0.4 is 4.74 Å². The summed E-state index contributed by atoms with van der Waals surface area (Å²) in [6.07, 6.45) is 6.81. The number of thiophene rings is 1. The van der Waals surface area contributed by atoms with E-state index in [1.807, 2.05) is 30.3 Å². The summed E-state index contributed by atoms with van der Waals surface area (Å²) in [6.45, 7) is 0. The van der Waals surface area contributed by atoms with Gasteiger partial charge in [-0.2, -0.15) is 0 Å². The van der Waals surface area contributed by atoms with Crippen molar-refractivity contribution < 1.29 is 4.74 Å². The second kappa shape index (κ2) is 4.99. The number of hydrogen-bond donors (Lipinski definition) is 0. The fourth-order valence-corrected chi connectivity index (χ4v) is 4.46. The molecule has 3 heterocycles. The molecule has 4 aromatic rings. The van der Waals surface area contributed by atoms with Gasteiger partial charge in [-0.15, -0.1) is 11.3 Å². The number of pyridine rings is 1. The molecule has 0 unspecified atom stereocenters. The lowest BCUT2D eigenvalue weighted by Crippen LogP contribution is -1.93. The van der Waals surface area contributed by atoms with Crippen molar-refractivity contribution in [3.05, 3.63) is 53.3 Å². The van der Waals surface area contributed by atoms with Gasteiger partial charge in [0.05, 0.1) is 5.39 Å². The molecule has 0 spiro atoms. The topological polar surface area (TPSA) is 47.9 Å². The number of hydrogen-bond acceptors (Lipinski definition) is 5. The first kappa shape index (κ1) is 13.0. The van der Waals surface area contributed by atoms with E-state index in [0.29, 0.717) is 5.88 Å². The van der Waals surface area contributed by atoms with Gasteiger partial charge in [0.15, 0.2) is 5.75 Å². The molecule has 4 nitrogen and oxygen atoms in total. The fourth-order valence-electron chi connectivity index (χ4n) is 3.24. The minimum Gasteiger partial charge on any atom is -0.436 e. The molecular weight excluding hydrogens is 306 g/mol. The standard InChI is InChI=1S/C18H13N3OS/c1-4-11-5-3-9-19-16(11)13(7-1)22-17-15-12-6-2-8-14(12)23-18(15)21-10-20-17/h1,3-5,7,9-10H,2,6,8H2. The third-order valence-electron chi connectivity index (χ3n) is 4.27. The maximum absolute atomic E-state index is 6.18. The molecule has 0 saturated carbocycles. The normalized spacial score (nSPS) is 13.6. The Morgan fingerprint density at radius 1 is 1.00 bits per heavy atom. The molecule has 1 aromatic carbocycles. The molecule has 0 atom stereocenters. The van der Waals surface area contributed by atoms with Crippen LogP contribution in [-0.4, -0.2) is 15.0 Å². The second-order valence-corrected chi connectivity index (χ2v) is 6.73. The Labute approximate surface area is 136 Å². The number of rotatable bonds is 2. The van der Waals surface area contributed by atoms with Crippen LogP contribution in [0.1, 0.15) is 16.9 Å². The van der Waals surface area contributed by atoms with Gasteiger partial charge in [-0.25, -0.2) is 9.97 Å². The first-order chi connectivity index (χ1) is 11.4. The summed E-state index contributed by atoms with van der Waals surface area (Å²) in [5.74, 6) is 1.38. The smallest absolute Gasteiger partial charge is 0.231 e. The van der Waals surface area contributed by atoms with Gasteiger partial charge in [0.2, 0.25) is 5.88 Å². The van der Waals surface area contributed by atoms with Crippen LogP contribution in [0.4, 0.5) is 0 Å². The summed E-state index contributed by atoms with van der Waals surface area (Å²) in [4.78, 5) is 15.7. The van der Waals surface area contributed by atoms with Crippen molar-refractivity contribution in [2.45, 2.75) is 19.3 Å². The molecule has 0 fully saturated rings. The van der Waals surface area contributed by atoms with Crippen molar-refractivity contribution in [3.8, 4) is 11.6 Å². The lowest BCUT2D eigenvalue weighted by molar-refractivity contribution is 0.472. The Morgan fingerprint density at radius 2 is 1.96 bits per heavy atom. The number of benzene rings is 1. The third kappa shape index (κ3) is 2.00. The Morgan fingerprint density at radius 3 is 2.96 bits per heavy atom. The van der Waals surface area contributed by atoms with Gasteiger partial charge in [-0.05, 0) is 37.0 Å². The van der Waals surface area contributed by atoms with Crippen LogP contribution in [0.5, 0.6) is 11.6 Å². The monoisotopic (exact) mass is 319 g/mol. The molecule has 5 rings (SSSR count). The average Bonchev–Trinajstić information content (AvgIpc) is 3.16. The van der Waals surface area contributed by atoms with Crippen molar-refractivity contribution in [3.63, 3.8) is 0 Å². The predicted octanol–water partition coefficient (Wildman–Crippen LogP) is 4.52. The van der Waals surface area contributed by atoms with Crippen LogP contribution in [-0.2, 0) is 12.8 Å². The molecule has 0 saturated heterocycles. The Balaban J connectivity index is 1.69. The van der Waals surface area contributed by atoms with Crippen LogP contribution >= 0.6 is 11.3 Å². The van der Waals surface area contributed by atoms with Gasteiger partial charge in [0, 0.05) is 16.5 Å². The number of para-hydroxylation sites is 1. The molecule has 0 N–H and O–H groups in total. The zero-order chi connectivity index (χ0) is 15.2. The maximum Gasteiger partial charge on any atom is 0.231 e. The Bertz CT molecular complexity index is 1040. The van der Waals surface area contributed by atoms with E-state index in [4.69, 9.17) is 4.74 Å². The number of aromatic nitrogens is 3. The lowest BCUT2D eigenvalue weighted by Gasteiger charge is -2.08. The Hall–Kier alpha value is -2.53. The summed E-state index contributed by atoms with van der Waals surface area (Å²) in [5, 5.41) is 2.14. The van der Waals surface area contributed by atoms with Crippen LogP contribution in [0.3, 0.4) is 0 Å².